The average molecular weight is 471 g/mol. The van der Waals surface area contributed by atoms with E-state index in [1.54, 1.807) is 24.3 Å². The normalized spacial score (nSPS) is 16.9. The summed E-state index contributed by atoms with van der Waals surface area (Å²) < 4.78 is 0. The fourth-order valence-corrected chi connectivity index (χ4v) is 5.05. The van der Waals surface area contributed by atoms with Crippen molar-refractivity contribution < 1.29 is 9.59 Å². The van der Waals surface area contributed by atoms with Gasteiger partial charge in [-0.3, -0.25) is 9.59 Å². The van der Waals surface area contributed by atoms with Crippen LogP contribution in [0.4, 0.5) is 11.4 Å². The van der Waals surface area contributed by atoms with E-state index in [2.05, 4.69) is 29.6 Å². The van der Waals surface area contributed by atoms with Gasteiger partial charge in [0.2, 0.25) is 5.91 Å². The summed E-state index contributed by atoms with van der Waals surface area (Å²) in [6.45, 7) is 0.498. The number of nitrogens with zero attached hydrogens (tertiary/aromatic N) is 1. The van der Waals surface area contributed by atoms with E-state index in [0.717, 1.165) is 42.5 Å². The molecule has 5 rings (SSSR count). The van der Waals surface area contributed by atoms with Gasteiger partial charge in [-0.05, 0) is 90.8 Å². The van der Waals surface area contributed by atoms with Gasteiger partial charge in [0.05, 0.1) is 6.54 Å². The van der Waals surface area contributed by atoms with Crippen LogP contribution in [0.15, 0.2) is 78.9 Å². The van der Waals surface area contributed by atoms with Gasteiger partial charge >= 0.3 is 0 Å². The van der Waals surface area contributed by atoms with Gasteiger partial charge in [-0.1, -0.05) is 48.0 Å². The van der Waals surface area contributed by atoms with Crippen LogP contribution >= 0.6 is 11.6 Å². The molecule has 172 valence electrons. The molecule has 1 N–H and O–H groups in total. The van der Waals surface area contributed by atoms with Gasteiger partial charge in [-0.25, -0.2) is 0 Å². The van der Waals surface area contributed by atoms with Crippen LogP contribution in [0.3, 0.4) is 0 Å². The number of hydrogen-bond acceptors (Lipinski definition) is 2. The topological polar surface area (TPSA) is 49.4 Å². The van der Waals surface area contributed by atoms with Crippen molar-refractivity contribution in [1.82, 2.24) is 0 Å². The summed E-state index contributed by atoms with van der Waals surface area (Å²) in [5.41, 5.74) is 5.53. The first kappa shape index (κ1) is 22.4. The minimum absolute atomic E-state index is 0.0225. The first-order valence-corrected chi connectivity index (χ1v) is 12.2. The zero-order valence-corrected chi connectivity index (χ0v) is 19.7. The van der Waals surface area contributed by atoms with Gasteiger partial charge in [-0.2, -0.15) is 0 Å². The minimum atomic E-state index is -0.0767. The van der Waals surface area contributed by atoms with E-state index in [1.807, 2.05) is 35.2 Å². The summed E-state index contributed by atoms with van der Waals surface area (Å²) in [5, 5.41) is 3.64. The molecule has 1 aliphatic carbocycles. The number of halogens is 1. The molecule has 1 aliphatic heterocycles. The molecule has 0 saturated heterocycles. The molecule has 0 aromatic heterocycles. The highest BCUT2D eigenvalue weighted by molar-refractivity contribution is 6.30. The van der Waals surface area contributed by atoms with Crippen LogP contribution in [0, 0.1) is 5.92 Å². The molecule has 0 saturated carbocycles. The summed E-state index contributed by atoms with van der Waals surface area (Å²) >= 11 is 6.28. The largest absolute Gasteiger partial charge is 0.326 e. The predicted octanol–water partition coefficient (Wildman–Crippen LogP) is 6.78. The van der Waals surface area contributed by atoms with Crippen molar-refractivity contribution in [2.75, 3.05) is 10.2 Å². The van der Waals surface area contributed by atoms with Crippen molar-refractivity contribution in [3.63, 3.8) is 0 Å². The number of rotatable bonds is 4. The Bertz CT molecular complexity index is 1250. The number of anilines is 2. The summed E-state index contributed by atoms with van der Waals surface area (Å²) in [6.07, 6.45) is 8.67. The Morgan fingerprint density at radius 1 is 0.941 bits per heavy atom. The molecule has 0 radical (unpaired) electrons. The van der Waals surface area contributed by atoms with E-state index < -0.39 is 0 Å². The third-order valence-corrected chi connectivity index (χ3v) is 6.91. The average Bonchev–Trinajstić information content (AvgIpc) is 3.01. The summed E-state index contributed by atoms with van der Waals surface area (Å²) in [6, 6.07) is 21.1. The maximum Gasteiger partial charge on any atom is 0.258 e. The second-order valence-corrected chi connectivity index (χ2v) is 9.53. The lowest BCUT2D eigenvalue weighted by Gasteiger charge is -2.24. The second-order valence-electron chi connectivity index (χ2n) is 9.09. The quantitative estimate of drug-likeness (QED) is 0.427. The lowest BCUT2D eigenvalue weighted by Crippen LogP contribution is -2.30. The number of amides is 2. The number of fused-ring (bicyclic) bond motifs is 2. The van der Waals surface area contributed by atoms with Gasteiger partial charge < -0.3 is 10.2 Å². The fraction of sp³-hybridized carbons (Fsp3) is 0.241. The van der Waals surface area contributed by atoms with Crippen molar-refractivity contribution >= 4 is 34.8 Å². The number of carbonyl (C=O) groups is 2. The van der Waals surface area contributed by atoms with Crippen molar-refractivity contribution in [2.45, 2.75) is 38.6 Å². The molecule has 2 amide bonds. The Kier molecular flexibility index (Phi) is 6.50. The lowest BCUT2D eigenvalue weighted by atomic mass is 9.91. The summed E-state index contributed by atoms with van der Waals surface area (Å²) in [4.78, 5) is 27.9. The lowest BCUT2D eigenvalue weighted by molar-refractivity contribution is -0.117. The molecule has 0 bridgehead atoms. The number of hydrogen-bond donors (Lipinski definition) is 1. The molecule has 0 spiro atoms. The number of carbonyl (C=O) groups excluding carboxylic acids is 2. The van der Waals surface area contributed by atoms with Crippen molar-refractivity contribution in [2.24, 2.45) is 5.92 Å². The monoisotopic (exact) mass is 470 g/mol. The Balaban J connectivity index is 1.34. The van der Waals surface area contributed by atoms with E-state index in [1.165, 1.54) is 5.56 Å². The Hall–Kier alpha value is -3.37. The van der Waals surface area contributed by atoms with Gasteiger partial charge in [0.25, 0.3) is 5.91 Å². The highest BCUT2D eigenvalue weighted by Crippen LogP contribution is 2.33. The van der Waals surface area contributed by atoms with E-state index >= 15 is 0 Å². The molecule has 3 aromatic rings. The first-order chi connectivity index (χ1) is 16.6. The standard InChI is InChI=1S/C29H27ClN2O2/c30-25-12-15-27-24(18-25)17-22-8-4-5-9-23(22)19-32(27)29(34)21-10-13-26(14-11-21)31-28(33)16-20-6-2-1-3-7-20/h1-2,4-5,8-15,18,20H,3,6-7,16-17,19H2,(H,31,33). The molecule has 4 nitrogen and oxygen atoms in total. The molecule has 1 unspecified atom stereocenters. The molecule has 1 heterocycles. The SMILES string of the molecule is O=C(CC1CC=CCC1)Nc1ccc(C(=O)N2Cc3ccccc3Cc3cc(Cl)ccc32)cc1. The maximum absolute atomic E-state index is 13.6. The van der Waals surface area contributed by atoms with Gasteiger partial charge in [0.1, 0.15) is 0 Å². The third kappa shape index (κ3) is 4.92. The van der Waals surface area contributed by atoms with Crippen LogP contribution in [-0.4, -0.2) is 11.8 Å². The minimum Gasteiger partial charge on any atom is -0.326 e. The van der Waals surface area contributed by atoms with E-state index in [0.29, 0.717) is 35.2 Å². The zero-order chi connectivity index (χ0) is 23.5. The van der Waals surface area contributed by atoms with E-state index in [4.69, 9.17) is 11.6 Å². The van der Waals surface area contributed by atoms with Crippen LogP contribution in [0.2, 0.25) is 5.02 Å². The molecular formula is C29H27ClN2O2. The maximum atomic E-state index is 13.6. The Morgan fingerprint density at radius 2 is 1.74 bits per heavy atom. The molecule has 5 heteroatoms. The van der Waals surface area contributed by atoms with Gasteiger partial charge in [0.15, 0.2) is 0 Å². The second kappa shape index (κ2) is 9.86. The molecule has 1 atom stereocenters. The third-order valence-electron chi connectivity index (χ3n) is 6.67. The highest BCUT2D eigenvalue weighted by Gasteiger charge is 2.25. The predicted molar refractivity (Wildman–Crippen MR) is 137 cm³/mol. The molecule has 3 aromatic carbocycles. The zero-order valence-electron chi connectivity index (χ0n) is 19.0. The van der Waals surface area contributed by atoms with Crippen LogP contribution in [0.1, 0.15) is 52.7 Å². The summed E-state index contributed by atoms with van der Waals surface area (Å²) in [7, 11) is 0. The van der Waals surface area contributed by atoms with E-state index in [9.17, 15) is 9.59 Å². The van der Waals surface area contributed by atoms with Gasteiger partial charge in [-0.15, -0.1) is 0 Å². The van der Waals surface area contributed by atoms with Crippen LogP contribution in [0.25, 0.3) is 0 Å². The van der Waals surface area contributed by atoms with Crippen molar-refractivity contribution in [1.29, 1.82) is 0 Å². The highest BCUT2D eigenvalue weighted by atomic mass is 35.5. The molecule has 0 fully saturated rings. The van der Waals surface area contributed by atoms with E-state index in [-0.39, 0.29) is 11.8 Å². The van der Waals surface area contributed by atoms with Crippen molar-refractivity contribution in [3.05, 3.63) is 106 Å². The Morgan fingerprint density at radius 3 is 2.50 bits per heavy atom. The molecule has 34 heavy (non-hydrogen) atoms. The van der Waals surface area contributed by atoms with Crippen LogP contribution in [0.5, 0.6) is 0 Å². The first-order valence-electron chi connectivity index (χ1n) is 11.8. The Labute approximate surface area is 205 Å². The number of allylic oxidation sites excluding steroid dienone is 2. The van der Waals surface area contributed by atoms with Crippen LogP contribution in [-0.2, 0) is 17.8 Å². The molecular weight excluding hydrogens is 444 g/mol. The fourth-order valence-electron chi connectivity index (χ4n) is 4.85. The summed E-state index contributed by atoms with van der Waals surface area (Å²) in [5.74, 6) is 0.354. The smallest absolute Gasteiger partial charge is 0.258 e. The number of benzene rings is 3. The van der Waals surface area contributed by atoms with Gasteiger partial charge in [0, 0.05) is 28.4 Å². The number of nitrogens with one attached hydrogen (secondary N) is 1. The van der Waals surface area contributed by atoms with Crippen molar-refractivity contribution in [3.8, 4) is 0 Å². The van der Waals surface area contributed by atoms with Crippen LogP contribution < -0.4 is 10.2 Å². The molecule has 2 aliphatic rings.